The number of carbonyl (C=O) groups excluding carboxylic acids is 1. The van der Waals surface area contributed by atoms with Crippen molar-refractivity contribution < 1.29 is 14.0 Å². The van der Waals surface area contributed by atoms with Gasteiger partial charge in [0.2, 0.25) is 0 Å². The van der Waals surface area contributed by atoms with E-state index < -0.39 is 0 Å². The Morgan fingerprint density at radius 1 is 1.29 bits per heavy atom. The van der Waals surface area contributed by atoms with Crippen molar-refractivity contribution in [1.29, 1.82) is 0 Å². The van der Waals surface area contributed by atoms with Crippen molar-refractivity contribution in [3.63, 3.8) is 0 Å². The van der Waals surface area contributed by atoms with Gasteiger partial charge in [-0.15, -0.1) is 0 Å². The third-order valence-corrected chi connectivity index (χ3v) is 2.19. The predicted molar refractivity (Wildman–Crippen MR) is 57.3 cm³/mol. The van der Waals surface area contributed by atoms with Gasteiger partial charge in [0.1, 0.15) is 0 Å². The summed E-state index contributed by atoms with van der Waals surface area (Å²) in [7, 11) is 6.28. The highest BCUT2D eigenvalue weighted by atomic mass is 16.5. The number of rotatable bonds is 5. The molecular weight excluding hydrogens is 178 g/mol. The molecule has 0 aromatic rings. The molecule has 0 N–H and O–H groups in total. The van der Waals surface area contributed by atoms with Gasteiger partial charge in [0, 0.05) is 12.0 Å². The Hall–Kier alpha value is -0.830. The van der Waals surface area contributed by atoms with Gasteiger partial charge in [-0.25, -0.2) is 4.79 Å². The highest BCUT2D eigenvalue weighted by molar-refractivity contribution is 5.86. The summed E-state index contributed by atoms with van der Waals surface area (Å²) < 4.78 is 5.80. The van der Waals surface area contributed by atoms with Gasteiger partial charge in [-0.2, -0.15) is 0 Å². The number of hydrogen-bond acceptors (Lipinski definition) is 2. The Kier molecular flexibility index (Phi) is 4.85. The minimum atomic E-state index is -0.306. The van der Waals surface area contributed by atoms with Crippen molar-refractivity contribution in [2.45, 2.75) is 20.3 Å². The molecule has 0 atom stereocenters. The van der Waals surface area contributed by atoms with E-state index in [1.165, 1.54) is 6.04 Å². The van der Waals surface area contributed by atoms with Crippen molar-refractivity contribution in [3.8, 4) is 0 Å². The first-order valence-corrected chi connectivity index (χ1v) is 4.72. The maximum absolute atomic E-state index is 11.0. The minimum Gasteiger partial charge on any atom is -0.462 e. The van der Waals surface area contributed by atoms with Crippen LogP contribution in [0.25, 0.3) is 0 Å². The Morgan fingerprint density at radius 3 is 2.14 bits per heavy atom. The molecule has 0 heterocycles. The molecule has 0 saturated heterocycles. The molecular formula is C11H21NO2+. The Labute approximate surface area is 86.9 Å². The van der Waals surface area contributed by atoms with E-state index in [1.807, 2.05) is 0 Å². The molecule has 0 rings (SSSR count). The molecule has 0 aliphatic carbocycles. The normalized spacial score (nSPS) is 11.6. The predicted octanol–water partition coefficient (Wildman–Crippen LogP) is 1.75. The number of nitrogens with zero attached hydrogens (tertiary/aromatic N) is 1. The van der Waals surface area contributed by atoms with Gasteiger partial charge in [-0.05, 0) is 13.8 Å². The van der Waals surface area contributed by atoms with Gasteiger partial charge in [0.05, 0.1) is 27.7 Å². The molecule has 0 amide bonds. The quantitative estimate of drug-likeness (QED) is 0.383. The zero-order valence-electron chi connectivity index (χ0n) is 9.89. The van der Waals surface area contributed by atoms with Crippen molar-refractivity contribution in [2.24, 2.45) is 0 Å². The molecule has 0 aliphatic heterocycles. The lowest BCUT2D eigenvalue weighted by Gasteiger charge is -2.29. The number of hydrogen-bond donors (Lipinski definition) is 0. The smallest absolute Gasteiger partial charge is 0.333 e. The molecule has 0 spiro atoms. The average molecular weight is 199 g/mol. The summed E-state index contributed by atoms with van der Waals surface area (Å²) in [4.78, 5) is 11.0. The van der Waals surface area contributed by atoms with Crippen LogP contribution in [-0.2, 0) is 9.53 Å². The third kappa shape index (κ3) is 5.02. The summed E-state index contributed by atoms with van der Waals surface area (Å²) in [5.41, 5.74) is 0.452. The van der Waals surface area contributed by atoms with Crippen LogP contribution in [0, 0.1) is 6.04 Å². The van der Waals surface area contributed by atoms with Gasteiger partial charge in [-0.1, -0.05) is 6.58 Å². The molecule has 3 nitrogen and oxygen atoms in total. The minimum absolute atomic E-state index is 0.306. The van der Waals surface area contributed by atoms with Crippen LogP contribution in [0.1, 0.15) is 20.3 Å². The van der Waals surface area contributed by atoms with Crippen molar-refractivity contribution in [2.75, 3.05) is 27.7 Å². The van der Waals surface area contributed by atoms with Crippen LogP contribution in [0.15, 0.2) is 12.2 Å². The molecule has 0 aliphatic rings. The standard InChI is InChI=1S/C11H21NO2/c1-9(2)11(13)14-8-7-10(3)12(4,5)6/h1,7-8H2,2-6H3/q+1. The third-order valence-electron chi connectivity index (χ3n) is 2.19. The second-order valence-corrected chi connectivity index (χ2v) is 4.41. The zero-order valence-corrected chi connectivity index (χ0v) is 9.89. The van der Waals surface area contributed by atoms with E-state index in [0.29, 0.717) is 12.2 Å². The summed E-state index contributed by atoms with van der Waals surface area (Å²) in [6.45, 7) is 7.67. The van der Waals surface area contributed by atoms with Gasteiger partial charge in [0.15, 0.2) is 6.04 Å². The van der Waals surface area contributed by atoms with E-state index >= 15 is 0 Å². The largest absolute Gasteiger partial charge is 0.462 e. The lowest BCUT2D eigenvalue weighted by Crippen LogP contribution is -2.37. The highest BCUT2D eigenvalue weighted by Crippen LogP contribution is 2.14. The van der Waals surface area contributed by atoms with Crippen molar-refractivity contribution in [3.05, 3.63) is 18.2 Å². The summed E-state index contributed by atoms with van der Waals surface area (Å²) in [5, 5.41) is 0. The number of esters is 1. The van der Waals surface area contributed by atoms with Crippen LogP contribution in [0.2, 0.25) is 0 Å². The Bertz CT molecular complexity index is 216. The molecule has 0 saturated carbocycles. The van der Waals surface area contributed by atoms with E-state index in [-0.39, 0.29) is 5.97 Å². The summed E-state index contributed by atoms with van der Waals surface area (Å²) in [5.74, 6) is -0.306. The fourth-order valence-corrected chi connectivity index (χ4v) is 0.750. The second-order valence-electron chi connectivity index (χ2n) is 4.41. The van der Waals surface area contributed by atoms with Crippen LogP contribution in [0.5, 0.6) is 0 Å². The molecule has 81 valence electrons. The van der Waals surface area contributed by atoms with Crippen LogP contribution in [0.4, 0.5) is 0 Å². The van der Waals surface area contributed by atoms with E-state index in [9.17, 15) is 4.79 Å². The Morgan fingerprint density at radius 2 is 1.79 bits per heavy atom. The molecule has 0 aromatic heterocycles. The van der Waals surface area contributed by atoms with Crippen LogP contribution in [-0.4, -0.2) is 38.2 Å². The number of quaternary nitrogens is 1. The maximum atomic E-state index is 11.0. The number of carbonyl (C=O) groups is 1. The van der Waals surface area contributed by atoms with E-state index in [2.05, 4.69) is 34.6 Å². The summed E-state index contributed by atoms with van der Waals surface area (Å²) in [6, 6.07) is 1.28. The second kappa shape index (κ2) is 5.15. The molecule has 14 heavy (non-hydrogen) atoms. The van der Waals surface area contributed by atoms with Gasteiger partial charge in [0.25, 0.3) is 0 Å². The topological polar surface area (TPSA) is 26.3 Å². The van der Waals surface area contributed by atoms with Crippen LogP contribution in [0.3, 0.4) is 0 Å². The van der Waals surface area contributed by atoms with E-state index in [4.69, 9.17) is 4.74 Å². The number of ether oxygens (including phenoxy) is 1. The molecule has 0 aromatic carbocycles. The molecule has 0 bridgehead atoms. The van der Waals surface area contributed by atoms with Gasteiger partial charge >= 0.3 is 5.97 Å². The SMILES string of the molecule is C=C(C)C(=O)OCC[C](C)[N+](C)(C)C. The fourth-order valence-electron chi connectivity index (χ4n) is 0.750. The van der Waals surface area contributed by atoms with Crippen molar-refractivity contribution in [1.82, 2.24) is 0 Å². The van der Waals surface area contributed by atoms with Crippen LogP contribution < -0.4 is 0 Å². The molecule has 0 unspecified atom stereocenters. The monoisotopic (exact) mass is 199 g/mol. The fraction of sp³-hybridized carbons (Fsp3) is 0.636. The summed E-state index contributed by atoms with van der Waals surface area (Å²) in [6.07, 6.45) is 0.794. The zero-order chi connectivity index (χ0) is 11.4. The first-order chi connectivity index (χ1) is 6.25. The van der Waals surface area contributed by atoms with Crippen LogP contribution >= 0.6 is 0 Å². The van der Waals surface area contributed by atoms with E-state index in [0.717, 1.165) is 10.9 Å². The highest BCUT2D eigenvalue weighted by Gasteiger charge is 2.20. The molecule has 3 heteroatoms. The van der Waals surface area contributed by atoms with Gasteiger partial charge in [-0.3, -0.25) is 0 Å². The average Bonchev–Trinajstić information content (AvgIpc) is 2.01. The lowest BCUT2D eigenvalue weighted by atomic mass is 10.2. The molecule has 1 radical (unpaired) electrons. The first kappa shape index (κ1) is 13.2. The lowest BCUT2D eigenvalue weighted by molar-refractivity contribution is -0.857. The molecule has 0 fully saturated rings. The Balaban J connectivity index is 3.76. The van der Waals surface area contributed by atoms with Gasteiger partial charge < -0.3 is 9.22 Å². The maximum Gasteiger partial charge on any atom is 0.333 e. The first-order valence-electron chi connectivity index (χ1n) is 4.72. The van der Waals surface area contributed by atoms with E-state index in [1.54, 1.807) is 6.92 Å². The summed E-state index contributed by atoms with van der Waals surface area (Å²) >= 11 is 0. The van der Waals surface area contributed by atoms with Crippen molar-refractivity contribution >= 4 is 5.97 Å².